The van der Waals surface area contributed by atoms with Gasteiger partial charge >= 0.3 is 0 Å². The summed E-state index contributed by atoms with van der Waals surface area (Å²) in [6.45, 7) is 0.471. The van der Waals surface area contributed by atoms with Crippen molar-refractivity contribution in [2.24, 2.45) is 15.7 Å². The van der Waals surface area contributed by atoms with Crippen LogP contribution in [0.4, 0.5) is 0 Å². The zero-order valence-electron chi connectivity index (χ0n) is 23.4. The van der Waals surface area contributed by atoms with E-state index in [4.69, 9.17) is 20.1 Å². The maximum atomic E-state index is 6.88. The lowest BCUT2D eigenvalue weighted by Crippen LogP contribution is -2.17. The van der Waals surface area contributed by atoms with Gasteiger partial charge in [0.2, 0.25) is 0 Å². The van der Waals surface area contributed by atoms with Gasteiger partial charge in [0.25, 0.3) is 0 Å². The first kappa shape index (κ1) is 25.0. The molecule has 0 fully saturated rings. The number of nitrogens with zero attached hydrogens (tertiary/aromatic N) is 2. The van der Waals surface area contributed by atoms with Crippen LogP contribution in [0.25, 0.3) is 54.3 Å². The van der Waals surface area contributed by atoms with E-state index in [-0.39, 0.29) is 0 Å². The highest BCUT2D eigenvalue weighted by molar-refractivity contribution is 6.26. The molecule has 1 heterocycles. The average molecular weight is 554 g/mol. The first-order chi connectivity index (χ1) is 21.2. The van der Waals surface area contributed by atoms with Crippen molar-refractivity contribution in [3.8, 4) is 0 Å². The quantitative estimate of drug-likeness (QED) is 0.134. The Balaban J connectivity index is 1.30. The second-order valence-corrected chi connectivity index (χ2v) is 10.7. The molecule has 8 aromatic rings. The largest absolute Gasteiger partial charge is 0.456 e. The summed E-state index contributed by atoms with van der Waals surface area (Å²) < 4.78 is 6.19. The molecule has 0 atom stereocenters. The van der Waals surface area contributed by atoms with E-state index < -0.39 is 0 Å². The number of benzene rings is 7. The minimum Gasteiger partial charge on any atom is -0.456 e. The van der Waals surface area contributed by atoms with Crippen LogP contribution < -0.4 is 5.73 Å². The summed E-state index contributed by atoms with van der Waals surface area (Å²) in [6, 6.07) is 47.7. The third kappa shape index (κ3) is 4.32. The van der Waals surface area contributed by atoms with Gasteiger partial charge in [-0.25, -0.2) is 4.99 Å². The number of aliphatic imine (C=N–C) groups is 2. The van der Waals surface area contributed by atoms with Gasteiger partial charge in [-0.05, 0) is 50.7 Å². The van der Waals surface area contributed by atoms with Crippen molar-refractivity contribution in [1.82, 2.24) is 0 Å². The van der Waals surface area contributed by atoms with E-state index in [0.717, 1.165) is 49.4 Å². The van der Waals surface area contributed by atoms with E-state index >= 15 is 0 Å². The Morgan fingerprint density at radius 2 is 1.26 bits per heavy atom. The highest BCUT2D eigenvalue weighted by Gasteiger charge is 2.16. The predicted molar refractivity (Wildman–Crippen MR) is 180 cm³/mol. The highest BCUT2D eigenvalue weighted by Crippen LogP contribution is 2.36. The monoisotopic (exact) mass is 553 g/mol. The molecule has 0 spiro atoms. The second-order valence-electron chi connectivity index (χ2n) is 10.7. The van der Waals surface area contributed by atoms with Crippen molar-refractivity contribution < 1.29 is 4.42 Å². The molecule has 43 heavy (non-hydrogen) atoms. The van der Waals surface area contributed by atoms with Crippen molar-refractivity contribution in [2.75, 3.05) is 0 Å². The number of para-hydroxylation sites is 1. The molecule has 0 amide bonds. The normalized spacial score (nSPS) is 12.7. The lowest BCUT2D eigenvalue weighted by molar-refractivity contribution is 0.669. The molecule has 0 saturated heterocycles. The molecule has 0 aliphatic carbocycles. The Hall–Kier alpha value is -5.74. The molecule has 0 aliphatic rings. The zero-order chi connectivity index (χ0) is 28.8. The van der Waals surface area contributed by atoms with Crippen LogP contribution in [0.15, 0.2) is 154 Å². The van der Waals surface area contributed by atoms with E-state index in [2.05, 4.69) is 72.8 Å². The summed E-state index contributed by atoms with van der Waals surface area (Å²) in [7, 11) is 0. The Morgan fingerprint density at radius 1 is 0.558 bits per heavy atom. The molecule has 0 aliphatic heterocycles. The maximum absolute atomic E-state index is 6.88. The molecule has 8 rings (SSSR count). The van der Waals surface area contributed by atoms with Crippen LogP contribution in [0.3, 0.4) is 0 Å². The van der Waals surface area contributed by atoms with Crippen molar-refractivity contribution in [2.45, 2.75) is 6.54 Å². The zero-order valence-corrected chi connectivity index (χ0v) is 23.4. The van der Waals surface area contributed by atoms with E-state index in [1.54, 1.807) is 0 Å². The molecular formula is C39H27N3O. The number of furan rings is 1. The fourth-order valence-electron chi connectivity index (χ4n) is 6.18. The van der Waals surface area contributed by atoms with Crippen molar-refractivity contribution in [3.63, 3.8) is 0 Å². The molecule has 0 bridgehead atoms. The lowest BCUT2D eigenvalue weighted by atomic mass is 9.97. The molecule has 204 valence electrons. The van der Waals surface area contributed by atoms with E-state index in [1.165, 1.54) is 21.5 Å². The molecule has 1 aromatic heterocycles. The van der Waals surface area contributed by atoms with Crippen LogP contribution in [0.5, 0.6) is 0 Å². The standard InChI is InChI=1S/C39H27N3O/c40-38(33-19-10-14-25-21-22-35-37(36(25)33)32-18-8-9-20-34(32)43-35)42-39(26-11-2-1-3-12-26)41-24-28-23-27-13-4-5-15-29(27)31-17-7-6-16-30(28)31/h1-23H,24H2,(H2,40,41,42). The van der Waals surface area contributed by atoms with Crippen LogP contribution in [0, 0.1) is 0 Å². The van der Waals surface area contributed by atoms with Crippen molar-refractivity contribution >= 4 is 65.9 Å². The molecule has 0 saturated carbocycles. The number of amidine groups is 2. The van der Waals surface area contributed by atoms with Gasteiger partial charge in [0.15, 0.2) is 5.84 Å². The number of fused-ring (bicyclic) bond motifs is 8. The number of hydrogen-bond acceptors (Lipinski definition) is 2. The maximum Gasteiger partial charge on any atom is 0.157 e. The summed E-state index contributed by atoms with van der Waals surface area (Å²) in [4.78, 5) is 10.1. The molecule has 0 radical (unpaired) electrons. The third-order valence-corrected chi connectivity index (χ3v) is 8.17. The SMILES string of the molecule is NC(=NC(=NCc1cc2ccccc2c2ccccc12)c1ccccc1)c1cccc2ccc3oc4ccccc4c3c12. The number of hydrogen-bond donors (Lipinski definition) is 1. The van der Waals surface area contributed by atoms with Gasteiger partial charge in [0.05, 0.1) is 6.54 Å². The summed E-state index contributed by atoms with van der Waals surface area (Å²) >= 11 is 0. The summed E-state index contributed by atoms with van der Waals surface area (Å²) in [5.41, 5.74) is 11.5. The minimum absolute atomic E-state index is 0.411. The second kappa shape index (κ2) is 10.3. The summed E-state index contributed by atoms with van der Waals surface area (Å²) in [6.07, 6.45) is 0. The number of rotatable bonds is 4. The van der Waals surface area contributed by atoms with Gasteiger partial charge in [0, 0.05) is 27.3 Å². The average Bonchev–Trinajstić information content (AvgIpc) is 3.45. The van der Waals surface area contributed by atoms with Gasteiger partial charge in [0.1, 0.15) is 17.0 Å². The van der Waals surface area contributed by atoms with E-state index in [9.17, 15) is 0 Å². The van der Waals surface area contributed by atoms with Crippen LogP contribution in [-0.4, -0.2) is 11.7 Å². The Kier molecular flexibility index (Phi) is 5.97. The molecular weight excluding hydrogens is 526 g/mol. The first-order valence-corrected chi connectivity index (χ1v) is 14.4. The number of nitrogens with two attached hydrogens (primary N) is 1. The molecule has 4 nitrogen and oxygen atoms in total. The smallest absolute Gasteiger partial charge is 0.157 e. The first-order valence-electron chi connectivity index (χ1n) is 14.4. The van der Waals surface area contributed by atoms with Gasteiger partial charge in [-0.1, -0.05) is 121 Å². The van der Waals surface area contributed by atoms with Gasteiger partial charge in [-0.2, -0.15) is 0 Å². The molecule has 0 unspecified atom stereocenters. The van der Waals surface area contributed by atoms with Crippen LogP contribution in [0.2, 0.25) is 0 Å². The molecule has 4 heteroatoms. The lowest BCUT2D eigenvalue weighted by Gasteiger charge is -2.11. The van der Waals surface area contributed by atoms with Crippen molar-refractivity contribution in [1.29, 1.82) is 0 Å². The van der Waals surface area contributed by atoms with Crippen LogP contribution >= 0.6 is 0 Å². The summed E-state index contributed by atoms with van der Waals surface area (Å²) in [5, 5.41) is 9.06. The highest BCUT2D eigenvalue weighted by atomic mass is 16.3. The van der Waals surface area contributed by atoms with Crippen molar-refractivity contribution in [3.05, 3.63) is 156 Å². The fourth-order valence-corrected chi connectivity index (χ4v) is 6.18. The van der Waals surface area contributed by atoms with Gasteiger partial charge in [-0.15, -0.1) is 0 Å². The predicted octanol–water partition coefficient (Wildman–Crippen LogP) is 9.40. The Bertz CT molecular complexity index is 2380. The Labute approximate surface area is 248 Å². The van der Waals surface area contributed by atoms with E-state index in [0.29, 0.717) is 18.2 Å². The fraction of sp³-hybridized carbons (Fsp3) is 0.0256. The molecule has 2 N–H and O–H groups in total. The molecule has 7 aromatic carbocycles. The van der Waals surface area contributed by atoms with Crippen LogP contribution in [0.1, 0.15) is 16.7 Å². The topological polar surface area (TPSA) is 63.9 Å². The van der Waals surface area contributed by atoms with Gasteiger partial charge in [-0.3, -0.25) is 4.99 Å². The summed E-state index contributed by atoms with van der Waals surface area (Å²) in [5.74, 6) is 1.01. The third-order valence-electron chi connectivity index (χ3n) is 8.17. The van der Waals surface area contributed by atoms with Gasteiger partial charge < -0.3 is 10.2 Å². The van der Waals surface area contributed by atoms with Crippen LogP contribution in [-0.2, 0) is 6.54 Å². The van der Waals surface area contributed by atoms with E-state index in [1.807, 2.05) is 66.7 Å². The minimum atomic E-state index is 0.411. The Morgan fingerprint density at radius 3 is 2.12 bits per heavy atom.